The van der Waals surface area contributed by atoms with E-state index in [1.165, 1.54) is 12.4 Å². The Hall–Kier alpha value is -3.62. The highest BCUT2D eigenvalue weighted by atomic mass is 35.5. The fourth-order valence-corrected chi connectivity index (χ4v) is 7.32. The molecule has 1 aromatic carbocycles. The van der Waals surface area contributed by atoms with Gasteiger partial charge in [-0.15, -0.1) is 0 Å². The van der Waals surface area contributed by atoms with Crippen LogP contribution in [0.5, 0.6) is 11.5 Å². The molecule has 0 saturated carbocycles. The van der Waals surface area contributed by atoms with E-state index in [4.69, 9.17) is 42.4 Å². The molecule has 1 N–H and O–H groups in total. The molecule has 3 aromatic heterocycles. The molecule has 42 heavy (non-hydrogen) atoms. The lowest BCUT2D eigenvalue weighted by atomic mass is 9.88. The summed E-state index contributed by atoms with van der Waals surface area (Å²) in [5.41, 5.74) is 3.34. The summed E-state index contributed by atoms with van der Waals surface area (Å²) in [6, 6.07) is 8.39. The molecule has 216 valence electrons. The Morgan fingerprint density at radius 1 is 1.17 bits per heavy atom. The van der Waals surface area contributed by atoms with Crippen molar-refractivity contribution in [3.63, 3.8) is 0 Å². The van der Waals surface area contributed by atoms with Crippen LogP contribution in [0.3, 0.4) is 0 Å². The first-order valence-electron chi connectivity index (χ1n) is 13.8. The van der Waals surface area contributed by atoms with Crippen LogP contribution in [0.15, 0.2) is 36.8 Å². The van der Waals surface area contributed by atoms with Gasteiger partial charge in [-0.05, 0) is 32.4 Å². The van der Waals surface area contributed by atoms with Crippen LogP contribution in [0.25, 0.3) is 22.2 Å². The van der Waals surface area contributed by atoms with E-state index in [1.807, 2.05) is 25.1 Å². The number of nitrogens with zero attached hydrogens (tertiary/aromatic N) is 6. The van der Waals surface area contributed by atoms with Gasteiger partial charge in [0.05, 0.1) is 46.5 Å². The second kappa shape index (κ2) is 10.3. The highest BCUT2D eigenvalue weighted by Gasteiger charge is 2.52. The third kappa shape index (κ3) is 4.43. The SMILES string of the molecule is COc1cc2[nH]nc(-c3cnc(N4CC(C)(N5C[C@@H]6C[C@H]5CO6)C4)c(C#N)c3)c2cc1O[C@H](C)c1c(Cl)cncc1Cl. The van der Waals surface area contributed by atoms with Gasteiger partial charge in [-0.1, -0.05) is 23.2 Å². The molecule has 3 aliphatic rings. The molecular weight excluding hydrogens is 577 g/mol. The van der Waals surface area contributed by atoms with Crippen LogP contribution in [-0.4, -0.2) is 76.1 Å². The smallest absolute Gasteiger partial charge is 0.162 e. The van der Waals surface area contributed by atoms with Gasteiger partial charge >= 0.3 is 0 Å². The topological polar surface area (TPSA) is 112 Å². The Balaban J connectivity index is 1.16. The molecule has 3 saturated heterocycles. The summed E-state index contributed by atoms with van der Waals surface area (Å²) in [5, 5.41) is 19.3. The van der Waals surface area contributed by atoms with Crippen LogP contribution in [0.1, 0.15) is 37.5 Å². The predicted octanol–water partition coefficient (Wildman–Crippen LogP) is 5.40. The Morgan fingerprint density at radius 3 is 2.62 bits per heavy atom. The molecule has 10 nitrogen and oxygen atoms in total. The minimum absolute atomic E-state index is 0.0615. The maximum atomic E-state index is 10.1. The maximum Gasteiger partial charge on any atom is 0.162 e. The molecule has 3 fully saturated rings. The van der Waals surface area contributed by atoms with E-state index in [9.17, 15) is 5.26 Å². The first-order chi connectivity index (χ1) is 20.3. The fourth-order valence-electron chi connectivity index (χ4n) is 6.64. The van der Waals surface area contributed by atoms with E-state index in [1.54, 1.807) is 13.3 Å². The van der Waals surface area contributed by atoms with Crippen molar-refractivity contribution < 1.29 is 14.2 Å². The van der Waals surface area contributed by atoms with Crippen LogP contribution in [-0.2, 0) is 4.74 Å². The fraction of sp³-hybridized carbons (Fsp3) is 0.400. The number of methoxy groups -OCH3 is 1. The van der Waals surface area contributed by atoms with Crippen molar-refractivity contribution in [3.8, 4) is 28.8 Å². The number of aromatic nitrogens is 4. The normalized spacial score (nSPS) is 21.8. The number of pyridine rings is 2. The zero-order valence-corrected chi connectivity index (χ0v) is 24.9. The lowest BCUT2D eigenvalue weighted by Gasteiger charge is -2.55. The summed E-state index contributed by atoms with van der Waals surface area (Å²) < 4.78 is 17.7. The van der Waals surface area contributed by atoms with Crippen molar-refractivity contribution in [2.75, 3.05) is 38.3 Å². The minimum Gasteiger partial charge on any atom is -0.493 e. The number of H-pyrrole nitrogens is 1. The van der Waals surface area contributed by atoms with E-state index in [0.717, 1.165) is 49.1 Å². The highest BCUT2D eigenvalue weighted by molar-refractivity contribution is 6.35. The lowest BCUT2D eigenvalue weighted by Crippen LogP contribution is -2.71. The number of hydrogen-bond acceptors (Lipinski definition) is 9. The van der Waals surface area contributed by atoms with E-state index < -0.39 is 6.10 Å². The maximum absolute atomic E-state index is 10.1. The molecule has 12 heteroatoms. The summed E-state index contributed by atoms with van der Waals surface area (Å²) in [5.74, 6) is 1.72. The van der Waals surface area contributed by atoms with E-state index in [2.05, 4.69) is 38.0 Å². The number of ether oxygens (including phenoxy) is 3. The van der Waals surface area contributed by atoms with Crippen molar-refractivity contribution in [1.82, 2.24) is 25.1 Å². The number of fused-ring (bicyclic) bond motifs is 3. The van der Waals surface area contributed by atoms with E-state index >= 15 is 0 Å². The summed E-state index contributed by atoms with van der Waals surface area (Å²) >= 11 is 12.7. The van der Waals surface area contributed by atoms with Gasteiger partial charge < -0.3 is 19.1 Å². The summed E-state index contributed by atoms with van der Waals surface area (Å²) in [4.78, 5) is 13.5. The summed E-state index contributed by atoms with van der Waals surface area (Å²) in [6.07, 6.45) is 5.84. The number of anilines is 1. The van der Waals surface area contributed by atoms with Crippen LogP contribution < -0.4 is 14.4 Å². The van der Waals surface area contributed by atoms with Crippen molar-refractivity contribution in [3.05, 3.63) is 58.0 Å². The number of nitriles is 1. The number of benzene rings is 1. The van der Waals surface area contributed by atoms with E-state index in [0.29, 0.717) is 56.3 Å². The third-order valence-electron chi connectivity index (χ3n) is 8.66. The van der Waals surface area contributed by atoms with E-state index in [-0.39, 0.29) is 5.54 Å². The van der Waals surface area contributed by atoms with Gasteiger partial charge in [-0.2, -0.15) is 10.4 Å². The summed E-state index contributed by atoms with van der Waals surface area (Å²) in [6.45, 7) is 7.61. The molecule has 4 aromatic rings. The monoisotopic (exact) mass is 605 g/mol. The molecule has 7 rings (SSSR count). The summed E-state index contributed by atoms with van der Waals surface area (Å²) in [7, 11) is 1.58. The molecule has 2 bridgehead atoms. The minimum atomic E-state index is -0.480. The van der Waals surface area contributed by atoms with Crippen molar-refractivity contribution in [1.29, 1.82) is 5.26 Å². The molecule has 0 unspecified atom stereocenters. The number of morpholine rings is 1. The number of hydrogen-bond donors (Lipinski definition) is 1. The van der Waals surface area contributed by atoms with Crippen LogP contribution in [0.4, 0.5) is 5.82 Å². The third-order valence-corrected chi connectivity index (χ3v) is 9.27. The molecular formula is C30H29Cl2N7O3. The average Bonchev–Trinajstić information content (AvgIpc) is 3.71. The molecule has 6 heterocycles. The number of aromatic amines is 1. The largest absolute Gasteiger partial charge is 0.493 e. The lowest BCUT2D eigenvalue weighted by molar-refractivity contribution is -0.0300. The second-order valence-electron chi connectivity index (χ2n) is 11.5. The molecule has 0 radical (unpaired) electrons. The van der Waals surface area contributed by atoms with Crippen LogP contribution in [0, 0.1) is 11.3 Å². The van der Waals surface area contributed by atoms with Crippen molar-refractivity contribution in [2.45, 2.75) is 44.1 Å². The van der Waals surface area contributed by atoms with Crippen molar-refractivity contribution in [2.24, 2.45) is 0 Å². The zero-order valence-electron chi connectivity index (χ0n) is 23.4. The standard InChI is InChI=1S/C30H29Cl2N7O3/c1-16(27-22(31)10-34-11-23(27)32)42-26-6-21-24(7-25(26)40-3)36-37-28(21)18-4-17(8-33)29(35-9-18)38-14-30(2,15-38)39-12-20-5-19(39)13-41-20/h4,6-7,9-11,16,19-20H,5,12-15H2,1-3H3,(H,36,37)/t16-,19+,20+/m1/s1. The number of likely N-dealkylation sites (tertiary alicyclic amines) is 1. The highest BCUT2D eigenvalue weighted by Crippen LogP contribution is 2.42. The van der Waals surface area contributed by atoms with Crippen LogP contribution >= 0.6 is 23.2 Å². The predicted molar refractivity (Wildman–Crippen MR) is 159 cm³/mol. The van der Waals surface area contributed by atoms with Crippen molar-refractivity contribution >= 4 is 39.9 Å². The van der Waals surface area contributed by atoms with Gasteiger partial charge in [0, 0.05) is 66.8 Å². The van der Waals surface area contributed by atoms with Gasteiger partial charge in [0.25, 0.3) is 0 Å². The van der Waals surface area contributed by atoms with Gasteiger partial charge in [0.15, 0.2) is 11.5 Å². The first-order valence-corrected chi connectivity index (χ1v) is 14.6. The molecule has 0 spiro atoms. The zero-order chi connectivity index (χ0) is 29.2. The Labute approximate surface area is 253 Å². The Bertz CT molecular complexity index is 1710. The number of nitrogens with one attached hydrogen (secondary N) is 1. The quantitative estimate of drug-likeness (QED) is 0.296. The second-order valence-corrected chi connectivity index (χ2v) is 12.3. The number of halogens is 2. The van der Waals surface area contributed by atoms with Gasteiger partial charge in [0.2, 0.25) is 0 Å². The molecule has 3 atom stereocenters. The molecule has 0 aliphatic carbocycles. The van der Waals surface area contributed by atoms with Gasteiger partial charge in [-0.25, -0.2) is 4.98 Å². The van der Waals surface area contributed by atoms with Crippen LogP contribution in [0.2, 0.25) is 10.0 Å². The van der Waals surface area contributed by atoms with Gasteiger partial charge in [-0.3, -0.25) is 15.0 Å². The average molecular weight is 607 g/mol. The van der Waals surface area contributed by atoms with Gasteiger partial charge in [0.1, 0.15) is 23.7 Å². The molecule has 3 aliphatic heterocycles. The molecule has 0 amide bonds. The first kappa shape index (κ1) is 27.2. The number of rotatable bonds is 7. The Kier molecular flexibility index (Phi) is 6.66. The Morgan fingerprint density at radius 2 is 1.95 bits per heavy atom.